The molecule has 0 N–H and O–H groups in total. The highest BCUT2D eigenvalue weighted by atomic mass is 16.6. The second kappa shape index (κ2) is 6.02. The van der Waals surface area contributed by atoms with Crippen LogP contribution in [0.2, 0.25) is 0 Å². The average molecular weight is 358 g/mol. The van der Waals surface area contributed by atoms with E-state index in [1.807, 2.05) is 12.1 Å². The van der Waals surface area contributed by atoms with Gasteiger partial charge in [0.15, 0.2) is 5.60 Å². The number of fused-ring (bicyclic) bond motifs is 3. The molecule has 5 rings (SSSR count). The average Bonchev–Trinajstić information content (AvgIpc) is 3.16. The Morgan fingerprint density at radius 3 is 2.93 bits per heavy atom. The van der Waals surface area contributed by atoms with Gasteiger partial charge >= 0.3 is 5.97 Å². The molecule has 3 aliphatic heterocycles. The van der Waals surface area contributed by atoms with E-state index in [1.165, 1.54) is 12.8 Å². The molecule has 2 fully saturated rings. The quantitative estimate of drug-likeness (QED) is 0.252. The fraction of sp³-hybridized carbons (Fsp3) is 0.381. The molecule has 3 atom stereocenters. The van der Waals surface area contributed by atoms with Crippen molar-refractivity contribution in [2.45, 2.75) is 43.4 Å². The number of carbonyl (C=O) groups is 1. The number of piperidine rings is 1. The number of ether oxygens (including phenoxy) is 1. The summed E-state index contributed by atoms with van der Waals surface area (Å²) in [5.41, 5.74) is 11.2. The summed E-state index contributed by atoms with van der Waals surface area (Å²) in [7, 11) is 0. The molecule has 6 nitrogen and oxygen atoms in total. The SMILES string of the molecule is [N-]=[N+]=Nc1ccc(C#CC2=C[C@@H]3C[C@@]4(OC(=O)C=C24)[C@H]2CCCCN32)cc1. The summed E-state index contributed by atoms with van der Waals surface area (Å²) in [5, 5.41) is 3.57. The van der Waals surface area contributed by atoms with Crippen molar-refractivity contribution in [3.63, 3.8) is 0 Å². The van der Waals surface area contributed by atoms with Gasteiger partial charge in [-0.2, -0.15) is 0 Å². The van der Waals surface area contributed by atoms with Crippen molar-refractivity contribution in [1.29, 1.82) is 0 Å². The van der Waals surface area contributed by atoms with Crippen molar-refractivity contribution in [2.75, 3.05) is 6.54 Å². The smallest absolute Gasteiger partial charge is 0.332 e. The van der Waals surface area contributed by atoms with Gasteiger partial charge in [-0.15, -0.1) is 0 Å². The lowest BCUT2D eigenvalue weighted by Gasteiger charge is -2.38. The Labute approximate surface area is 157 Å². The van der Waals surface area contributed by atoms with E-state index < -0.39 is 5.60 Å². The third-order valence-corrected chi connectivity index (χ3v) is 6.04. The maximum absolute atomic E-state index is 12.2. The molecule has 1 aromatic rings. The lowest BCUT2D eigenvalue weighted by Crippen LogP contribution is -2.48. The van der Waals surface area contributed by atoms with Crippen molar-refractivity contribution < 1.29 is 9.53 Å². The highest BCUT2D eigenvalue weighted by Crippen LogP contribution is 2.53. The number of rotatable bonds is 1. The molecule has 0 unspecified atom stereocenters. The first kappa shape index (κ1) is 16.2. The van der Waals surface area contributed by atoms with E-state index in [4.69, 9.17) is 10.3 Å². The van der Waals surface area contributed by atoms with Crippen LogP contribution in [0.3, 0.4) is 0 Å². The molecule has 0 radical (unpaired) electrons. The van der Waals surface area contributed by atoms with Crippen LogP contribution >= 0.6 is 0 Å². The maximum Gasteiger partial charge on any atom is 0.332 e. The fourth-order valence-corrected chi connectivity index (χ4v) is 4.97. The van der Waals surface area contributed by atoms with Gasteiger partial charge in [0, 0.05) is 45.8 Å². The summed E-state index contributed by atoms with van der Waals surface area (Å²) in [6.45, 7) is 1.06. The summed E-state index contributed by atoms with van der Waals surface area (Å²) in [6, 6.07) is 7.71. The molecule has 0 aromatic heterocycles. The first-order valence-corrected chi connectivity index (χ1v) is 9.30. The van der Waals surface area contributed by atoms with E-state index >= 15 is 0 Å². The molecule has 1 aromatic carbocycles. The largest absolute Gasteiger partial charge is 0.449 e. The topological polar surface area (TPSA) is 78.3 Å². The molecule has 4 aliphatic rings. The highest BCUT2D eigenvalue weighted by Gasteiger charge is 2.61. The predicted octanol–water partition coefficient (Wildman–Crippen LogP) is 3.77. The van der Waals surface area contributed by atoms with Gasteiger partial charge in [-0.05, 0) is 37.1 Å². The Balaban J connectivity index is 1.51. The molecule has 3 heterocycles. The van der Waals surface area contributed by atoms with Crippen LogP contribution in [0.4, 0.5) is 5.69 Å². The fourth-order valence-electron chi connectivity index (χ4n) is 4.97. The number of hydrogen-bond acceptors (Lipinski definition) is 4. The minimum atomic E-state index is -0.508. The first-order valence-electron chi connectivity index (χ1n) is 9.30. The number of hydrogen-bond donors (Lipinski definition) is 0. The molecular weight excluding hydrogens is 340 g/mol. The second-order valence-electron chi connectivity index (χ2n) is 7.46. The Morgan fingerprint density at radius 1 is 1.26 bits per heavy atom. The number of benzene rings is 1. The van der Waals surface area contributed by atoms with Crippen LogP contribution in [0.25, 0.3) is 10.4 Å². The zero-order valence-corrected chi connectivity index (χ0v) is 14.8. The number of carbonyl (C=O) groups excluding carboxylic acids is 1. The van der Waals surface area contributed by atoms with Gasteiger partial charge in [0.25, 0.3) is 0 Å². The van der Waals surface area contributed by atoms with Crippen molar-refractivity contribution in [3.05, 3.63) is 63.6 Å². The second-order valence-corrected chi connectivity index (χ2v) is 7.46. The molecule has 0 saturated carbocycles. The lowest BCUT2D eigenvalue weighted by atomic mass is 9.77. The Morgan fingerprint density at radius 2 is 2.11 bits per heavy atom. The van der Waals surface area contributed by atoms with Crippen LogP contribution in [0, 0.1) is 11.8 Å². The molecule has 6 heteroatoms. The maximum atomic E-state index is 12.2. The van der Waals surface area contributed by atoms with Crippen LogP contribution < -0.4 is 0 Å². The van der Waals surface area contributed by atoms with Crippen LogP contribution in [-0.4, -0.2) is 35.1 Å². The summed E-state index contributed by atoms with van der Waals surface area (Å²) >= 11 is 0. The molecule has 2 saturated heterocycles. The van der Waals surface area contributed by atoms with Gasteiger partial charge in [0.1, 0.15) is 0 Å². The van der Waals surface area contributed by atoms with Gasteiger partial charge in [0.2, 0.25) is 0 Å². The molecule has 0 amide bonds. The predicted molar refractivity (Wildman–Crippen MR) is 99.9 cm³/mol. The van der Waals surface area contributed by atoms with Crippen LogP contribution in [0.5, 0.6) is 0 Å². The van der Waals surface area contributed by atoms with Gasteiger partial charge in [0.05, 0.1) is 6.04 Å². The zero-order valence-electron chi connectivity index (χ0n) is 14.8. The van der Waals surface area contributed by atoms with E-state index in [0.29, 0.717) is 5.69 Å². The highest BCUT2D eigenvalue weighted by molar-refractivity contribution is 5.90. The monoisotopic (exact) mass is 358 g/mol. The minimum absolute atomic E-state index is 0.246. The van der Waals surface area contributed by atoms with Gasteiger partial charge in [-0.3, -0.25) is 4.90 Å². The molecule has 134 valence electrons. The van der Waals surface area contributed by atoms with Crippen LogP contribution in [0.15, 0.2) is 52.7 Å². The van der Waals surface area contributed by atoms with Crippen LogP contribution in [0.1, 0.15) is 31.2 Å². The first-order chi connectivity index (χ1) is 13.2. The third-order valence-electron chi connectivity index (χ3n) is 6.04. The Kier molecular flexibility index (Phi) is 3.61. The number of esters is 1. The Bertz CT molecular complexity index is 991. The van der Waals surface area contributed by atoms with Crippen molar-refractivity contribution in [3.8, 4) is 11.8 Å². The summed E-state index contributed by atoms with van der Waals surface area (Å²) in [5.74, 6) is 6.20. The van der Waals surface area contributed by atoms with Crippen LogP contribution in [-0.2, 0) is 9.53 Å². The summed E-state index contributed by atoms with van der Waals surface area (Å²) in [6.07, 6.45) is 8.14. The Hall–Kier alpha value is -3.00. The molecule has 1 aliphatic carbocycles. The lowest BCUT2D eigenvalue weighted by molar-refractivity contribution is -0.148. The molecule has 27 heavy (non-hydrogen) atoms. The van der Waals surface area contributed by atoms with E-state index in [-0.39, 0.29) is 18.1 Å². The minimum Gasteiger partial charge on any atom is -0.449 e. The molecule has 2 bridgehead atoms. The number of nitrogens with zero attached hydrogens (tertiary/aromatic N) is 4. The van der Waals surface area contributed by atoms with E-state index in [0.717, 1.165) is 36.1 Å². The standard InChI is InChI=1S/C21H18N4O2/c22-24-23-16-8-5-14(6-9-16)4-7-15-11-17-13-21(18(15)12-20(26)27-21)19-3-1-2-10-25(17)19/h5-6,8-9,11-12,17,19H,1-3,10,13H2/t17-,19-,21+/m1/s1. The summed E-state index contributed by atoms with van der Waals surface area (Å²) in [4.78, 5) is 17.4. The van der Waals surface area contributed by atoms with Crippen molar-refractivity contribution in [1.82, 2.24) is 4.90 Å². The summed E-state index contributed by atoms with van der Waals surface area (Å²) < 4.78 is 5.91. The van der Waals surface area contributed by atoms with Crippen molar-refractivity contribution >= 4 is 11.7 Å². The molecule has 1 spiro atoms. The van der Waals surface area contributed by atoms with E-state index in [9.17, 15) is 4.79 Å². The van der Waals surface area contributed by atoms with Gasteiger partial charge < -0.3 is 4.74 Å². The molecular formula is C21H18N4O2. The van der Waals surface area contributed by atoms with Crippen molar-refractivity contribution in [2.24, 2.45) is 5.11 Å². The third kappa shape index (κ3) is 2.48. The van der Waals surface area contributed by atoms with Gasteiger partial charge in [-0.25, -0.2) is 4.79 Å². The zero-order chi connectivity index (χ0) is 18.4. The normalized spacial score (nSPS) is 30.7. The van der Waals surface area contributed by atoms with Gasteiger partial charge in [-0.1, -0.05) is 41.6 Å². The van der Waals surface area contributed by atoms with E-state index in [2.05, 4.69) is 32.8 Å². The van der Waals surface area contributed by atoms with E-state index in [1.54, 1.807) is 18.2 Å². The number of azide groups is 1.